The number of rotatable bonds is 8. The van der Waals surface area contributed by atoms with Crippen molar-refractivity contribution >= 4 is 47.0 Å². The van der Waals surface area contributed by atoms with Gasteiger partial charge in [0.05, 0.1) is 18.7 Å². The Bertz CT molecular complexity index is 800. The lowest BCUT2D eigenvalue weighted by atomic mass is 10.2. The number of benzene rings is 1. The van der Waals surface area contributed by atoms with E-state index in [9.17, 15) is 13.2 Å². The molecule has 0 saturated heterocycles. The highest BCUT2D eigenvalue weighted by atomic mass is 127. The van der Waals surface area contributed by atoms with Gasteiger partial charge in [-0.1, -0.05) is 0 Å². The molecule has 2 aromatic rings. The number of halogens is 4. The van der Waals surface area contributed by atoms with Crippen molar-refractivity contribution in [3.05, 3.63) is 34.3 Å². The highest BCUT2D eigenvalue weighted by Crippen LogP contribution is 2.31. The fourth-order valence-corrected chi connectivity index (χ4v) is 3.08. The number of hydrogen-bond donors (Lipinski definition) is 2. The number of aromatic nitrogens is 1. The minimum atomic E-state index is -4.42. The molecular weight excluding hydrogens is 520 g/mol. The summed E-state index contributed by atoms with van der Waals surface area (Å²) < 4.78 is 48.6. The molecule has 0 aliphatic carbocycles. The summed E-state index contributed by atoms with van der Waals surface area (Å²) in [7, 11) is 1.56. The average molecular weight is 544 g/mol. The Morgan fingerprint density at radius 2 is 2.00 bits per heavy atom. The molecular formula is C18H24F3IN4O2S. The molecule has 6 nitrogen and oxygen atoms in total. The quantitative estimate of drug-likeness (QED) is 0.284. The van der Waals surface area contributed by atoms with E-state index < -0.39 is 11.9 Å². The van der Waals surface area contributed by atoms with Crippen LogP contribution in [-0.4, -0.2) is 37.7 Å². The number of aliphatic imine (C=N–C) groups is 1. The summed E-state index contributed by atoms with van der Waals surface area (Å²) in [6.45, 7) is 5.28. The number of nitrogens with zero attached hydrogens (tertiary/aromatic N) is 2. The first-order valence-corrected chi connectivity index (χ1v) is 9.63. The minimum absolute atomic E-state index is 0. The molecule has 0 bridgehead atoms. The van der Waals surface area contributed by atoms with Crippen LogP contribution in [0.15, 0.2) is 28.6 Å². The van der Waals surface area contributed by atoms with Crippen molar-refractivity contribution in [3.8, 4) is 11.5 Å². The average Bonchev–Trinajstić information content (AvgIpc) is 3.12. The summed E-state index contributed by atoms with van der Waals surface area (Å²) in [5.74, 6) is 1.74. The summed E-state index contributed by atoms with van der Waals surface area (Å²) in [5, 5.41) is 7.66. The predicted octanol–water partition coefficient (Wildman–Crippen LogP) is 4.81. The van der Waals surface area contributed by atoms with E-state index in [1.165, 1.54) is 0 Å². The lowest BCUT2D eigenvalue weighted by Crippen LogP contribution is -2.30. The van der Waals surface area contributed by atoms with Crippen LogP contribution in [0.1, 0.15) is 24.5 Å². The van der Waals surface area contributed by atoms with Crippen LogP contribution in [0.5, 0.6) is 11.5 Å². The number of guanidine groups is 1. The normalized spacial score (nSPS) is 11.6. The lowest BCUT2D eigenvalue weighted by molar-refractivity contribution is -0.140. The van der Waals surface area contributed by atoms with E-state index in [0.29, 0.717) is 48.6 Å². The van der Waals surface area contributed by atoms with Crippen LogP contribution in [0.3, 0.4) is 0 Å². The number of nitrogens with one attached hydrogen (secondary N) is 2. The Kier molecular flexibility index (Phi) is 10.5. The maximum atomic E-state index is 12.6. The molecule has 2 N–H and O–H groups in total. The Morgan fingerprint density at radius 1 is 1.24 bits per heavy atom. The van der Waals surface area contributed by atoms with Crippen LogP contribution in [0.25, 0.3) is 0 Å². The van der Waals surface area contributed by atoms with Crippen molar-refractivity contribution < 1.29 is 22.6 Å². The van der Waals surface area contributed by atoms with Gasteiger partial charge in [0.25, 0.3) is 0 Å². The van der Waals surface area contributed by atoms with Gasteiger partial charge < -0.3 is 20.1 Å². The summed E-state index contributed by atoms with van der Waals surface area (Å²) in [4.78, 5) is 8.01. The van der Waals surface area contributed by atoms with Crippen molar-refractivity contribution in [2.24, 2.45) is 4.99 Å². The molecule has 1 heterocycles. The Balaban J connectivity index is 0.00000420. The number of alkyl halides is 3. The number of ether oxygens (including phenoxy) is 2. The number of methoxy groups -OCH3 is 1. The van der Waals surface area contributed by atoms with Crippen molar-refractivity contribution in [1.82, 2.24) is 10.3 Å². The van der Waals surface area contributed by atoms with Crippen molar-refractivity contribution in [1.29, 1.82) is 0 Å². The van der Waals surface area contributed by atoms with E-state index in [2.05, 4.69) is 20.6 Å². The molecule has 29 heavy (non-hydrogen) atoms. The molecule has 0 amide bonds. The first kappa shape index (κ1) is 25.3. The third-order valence-corrected chi connectivity index (χ3v) is 4.42. The molecule has 0 fully saturated rings. The van der Waals surface area contributed by atoms with Crippen LogP contribution in [0.4, 0.5) is 18.9 Å². The molecule has 1 aromatic heterocycles. The Labute approximate surface area is 188 Å². The molecule has 0 unspecified atom stereocenters. The van der Waals surface area contributed by atoms with Crippen LogP contribution >= 0.6 is 35.3 Å². The van der Waals surface area contributed by atoms with Crippen molar-refractivity contribution in [2.75, 3.05) is 32.1 Å². The number of hydrogen-bond acceptors (Lipinski definition) is 5. The molecule has 0 aliphatic rings. The van der Waals surface area contributed by atoms with E-state index in [0.717, 1.165) is 22.4 Å². The van der Waals surface area contributed by atoms with Gasteiger partial charge in [0.2, 0.25) is 0 Å². The second kappa shape index (κ2) is 12.1. The first-order chi connectivity index (χ1) is 13.4. The Hall–Kier alpha value is -1.76. The highest BCUT2D eigenvalue weighted by Gasteiger charge is 2.33. The lowest BCUT2D eigenvalue weighted by Gasteiger charge is -2.14. The molecule has 0 radical (unpaired) electrons. The van der Waals surface area contributed by atoms with Gasteiger partial charge in [-0.3, -0.25) is 4.99 Å². The third-order valence-electron chi connectivity index (χ3n) is 3.51. The smallest absolute Gasteiger partial charge is 0.434 e. The summed E-state index contributed by atoms with van der Waals surface area (Å²) in [6, 6.07) is 5.41. The molecule has 162 valence electrons. The standard InChI is InChI=1S/C18H23F3N4O2S.HI/c1-4-22-17(23-9-8-16-25-15(11-28-16)18(19,20)21)24-12-6-7-13(27-5-2)14(10-12)26-3;/h6-7,10-11H,4-5,8-9H2,1-3H3,(H2,22,23,24);1H. The van der Waals surface area contributed by atoms with Gasteiger partial charge in [-0.15, -0.1) is 35.3 Å². The van der Waals surface area contributed by atoms with Gasteiger partial charge >= 0.3 is 6.18 Å². The van der Waals surface area contributed by atoms with Crippen LogP contribution in [-0.2, 0) is 12.6 Å². The van der Waals surface area contributed by atoms with Crippen LogP contribution < -0.4 is 20.1 Å². The maximum Gasteiger partial charge on any atom is 0.434 e. The highest BCUT2D eigenvalue weighted by molar-refractivity contribution is 14.0. The van der Waals surface area contributed by atoms with Crippen LogP contribution in [0.2, 0.25) is 0 Å². The minimum Gasteiger partial charge on any atom is -0.493 e. The molecule has 0 saturated carbocycles. The van der Waals surface area contributed by atoms with Gasteiger partial charge in [0.15, 0.2) is 23.2 Å². The topological polar surface area (TPSA) is 67.8 Å². The zero-order valence-electron chi connectivity index (χ0n) is 16.3. The SMILES string of the molecule is CCNC(=NCCc1nc(C(F)(F)F)cs1)Nc1ccc(OCC)c(OC)c1.I. The fraction of sp³-hybridized carbons (Fsp3) is 0.444. The monoisotopic (exact) mass is 544 g/mol. The number of anilines is 1. The number of thiazole rings is 1. The van der Waals surface area contributed by atoms with Crippen LogP contribution in [0, 0.1) is 0 Å². The summed E-state index contributed by atoms with van der Waals surface area (Å²) >= 11 is 0.985. The molecule has 11 heteroatoms. The molecule has 0 spiro atoms. The van der Waals surface area contributed by atoms with Crippen molar-refractivity contribution in [3.63, 3.8) is 0 Å². The Morgan fingerprint density at radius 3 is 2.59 bits per heavy atom. The van der Waals surface area contributed by atoms with Gasteiger partial charge in [-0.2, -0.15) is 13.2 Å². The summed E-state index contributed by atoms with van der Waals surface area (Å²) in [6.07, 6.45) is -4.09. The van der Waals surface area contributed by atoms with E-state index >= 15 is 0 Å². The van der Waals surface area contributed by atoms with Gasteiger partial charge in [0, 0.05) is 36.6 Å². The van der Waals surface area contributed by atoms with E-state index in [1.807, 2.05) is 19.9 Å². The van der Waals surface area contributed by atoms with Gasteiger partial charge in [-0.25, -0.2) is 4.98 Å². The first-order valence-electron chi connectivity index (χ1n) is 8.75. The van der Waals surface area contributed by atoms with E-state index in [4.69, 9.17) is 9.47 Å². The molecule has 0 atom stereocenters. The largest absolute Gasteiger partial charge is 0.493 e. The van der Waals surface area contributed by atoms with Crippen molar-refractivity contribution in [2.45, 2.75) is 26.4 Å². The summed E-state index contributed by atoms with van der Waals surface area (Å²) in [5.41, 5.74) is -0.114. The van der Waals surface area contributed by atoms with E-state index in [-0.39, 0.29) is 24.0 Å². The second-order valence-electron chi connectivity index (χ2n) is 5.56. The zero-order chi connectivity index (χ0) is 20.6. The molecule has 2 rings (SSSR count). The molecule has 0 aliphatic heterocycles. The maximum absolute atomic E-state index is 12.6. The van der Waals surface area contributed by atoms with E-state index in [1.54, 1.807) is 19.2 Å². The predicted molar refractivity (Wildman–Crippen MR) is 120 cm³/mol. The third kappa shape index (κ3) is 7.88. The van der Waals surface area contributed by atoms with Gasteiger partial charge in [-0.05, 0) is 26.0 Å². The zero-order valence-corrected chi connectivity index (χ0v) is 19.4. The molecule has 1 aromatic carbocycles. The second-order valence-corrected chi connectivity index (χ2v) is 6.50. The van der Waals surface area contributed by atoms with Gasteiger partial charge in [0.1, 0.15) is 0 Å². The fourth-order valence-electron chi connectivity index (χ4n) is 2.28.